The molecule has 1 aromatic carbocycles. The molecule has 0 saturated heterocycles. The van der Waals surface area contributed by atoms with Gasteiger partial charge in [0.2, 0.25) is 0 Å². The van der Waals surface area contributed by atoms with Crippen LogP contribution in [-0.2, 0) is 0 Å². The smallest absolute Gasteiger partial charge is 0.130 e. The van der Waals surface area contributed by atoms with E-state index in [9.17, 15) is 0 Å². The lowest BCUT2D eigenvalue weighted by Crippen LogP contribution is -1.96. The van der Waals surface area contributed by atoms with Crippen molar-refractivity contribution in [2.75, 3.05) is 13.7 Å². The normalized spacial score (nSPS) is 11.0. The molecule has 0 aliphatic heterocycles. The third-order valence-electron chi connectivity index (χ3n) is 2.24. The van der Waals surface area contributed by atoms with Gasteiger partial charge in [-0.15, -0.1) is 0 Å². The van der Waals surface area contributed by atoms with Gasteiger partial charge in [0.25, 0.3) is 0 Å². The monoisotopic (exact) mass is 225 g/mol. The van der Waals surface area contributed by atoms with Crippen molar-refractivity contribution in [2.45, 2.75) is 13.8 Å². The van der Waals surface area contributed by atoms with Crippen LogP contribution in [0.2, 0.25) is 5.02 Å². The third-order valence-corrected chi connectivity index (χ3v) is 2.74. The lowest BCUT2D eigenvalue weighted by Gasteiger charge is -2.12. The van der Waals surface area contributed by atoms with Crippen molar-refractivity contribution in [2.24, 2.45) is 5.73 Å². The SMILES string of the molecule is COc1c(C)cc(C)c(Cl)c1/C=C/CN. The molecule has 1 aromatic rings. The zero-order chi connectivity index (χ0) is 11.4. The molecule has 82 valence electrons. The van der Waals surface area contributed by atoms with E-state index in [4.69, 9.17) is 22.1 Å². The molecule has 0 aliphatic carbocycles. The number of rotatable bonds is 3. The first kappa shape index (κ1) is 12.1. The Hall–Kier alpha value is -0.990. The van der Waals surface area contributed by atoms with Crippen LogP contribution in [0.5, 0.6) is 5.75 Å². The number of benzene rings is 1. The van der Waals surface area contributed by atoms with E-state index in [1.807, 2.05) is 32.1 Å². The van der Waals surface area contributed by atoms with E-state index in [2.05, 4.69) is 0 Å². The summed E-state index contributed by atoms with van der Waals surface area (Å²) in [6.07, 6.45) is 3.77. The number of ether oxygens (including phenoxy) is 1. The van der Waals surface area contributed by atoms with E-state index < -0.39 is 0 Å². The molecule has 0 aromatic heterocycles. The van der Waals surface area contributed by atoms with Crippen molar-refractivity contribution < 1.29 is 4.74 Å². The molecule has 15 heavy (non-hydrogen) atoms. The van der Waals surface area contributed by atoms with Gasteiger partial charge in [-0.05, 0) is 25.0 Å². The highest BCUT2D eigenvalue weighted by molar-refractivity contribution is 6.33. The molecule has 0 atom stereocenters. The van der Waals surface area contributed by atoms with Gasteiger partial charge < -0.3 is 10.5 Å². The van der Waals surface area contributed by atoms with Crippen LogP contribution in [0.15, 0.2) is 12.1 Å². The first-order chi connectivity index (χ1) is 7.11. The summed E-state index contributed by atoms with van der Waals surface area (Å²) in [5.41, 5.74) is 8.46. The molecule has 2 nitrogen and oxygen atoms in total. The molecule has 2 N–H and O–H groups in total. The number of nitrogens with two attached hydrogens (primary N) is 1. The summed E-state index contributed by atoms with van der Waals surface area (Å²) >= 11 is 6.21. The van der Waals surface area contributed by atoms with E-state index in [0.29, 0.717) is 6.54 Å². The second kappa shape index (κ2) is 5.19. The molecular formula is C12H16ClNO. The first-order valence-electron chi connectivity index (χ1n) is 4.82. The molecule has 3 heteroatoms. The van der Waals surface area contributed by atoms with Gasteiger partial charge in [0.1, 0.15) is 5.75 Å². The van der Waals surface area contributed by atoms with Gasteiger partial charge in [0.15, 0.2) is 0 Å². The van der Waals surface area contributed by atoms with E-state index in [-0.39, 0.29) is 0 Å². The minimum absolute atomic E-state index is 0.493. The van der Waals surface area contributed by atoms with Crippen molar-refractivity contribution in [3.8, 4) is 5.75 Å². The van der Waals surface area contributed by atoms with E-state index >= 15 is 0 Å². The zero-order valence-corrected chi connectivity index (χ0v) is 10.1. The lowest BCUT2D eigenvalue weighted by molar-refractivity contribution is 0.410. The predicted octanol–water partition coefficient (Wildman–Crippen LogP) is 2.94. The van der Waals surface area contributed by atoms with Crippen LogP contribution in [0.3, 0.4) is 0 Å². The second-order valence-corrected chi connectivity index (χ2v) is 3.79. The summed E-state index contributed by atoms with van der Waals surface area (Å²) < 4.78 is 5.33. The topological polar surface area (TPSA) is 35.2 Å². The highest BCUT2D eigenvalue weighted by Crippen LogP contribution is 2.33. The first-order valence-corrected chi connectivity index (χ1v) is 5.20. The number of methoxy groups -OCH3 is 1. The Morgan fingerprint density at radius 2 is 2.07 bits per heavy atom. The van der Waals surface area contributed by atoms with Gasteiger partial charge in [-0.1, -0.05) is 29.8 Å². The molecule has 0 radical (unpaired) electrons. The molecule has 0 bridgehead atoms. The minimum Gasteiger partial charge on any atom is -0.496 e. The summed E-state index contributed by atoms with van der Waals surface area (Å²) in [4.78, 5) is 0. The Morgan fingerprint density at radius 3 is 2.60 bits per heavy atom. The Bertz CT molecular complexity index is 386. The van der Waals surface area contributed by atoms with Crippen molar-refractivity contribution in [3.63, 3.8) is 0 Å². The summed E-state index contributed by atoms with van der Waals surface area (Å²) in [6, 6.07) is 2.01. The van der Waals surface area contributed by atoms with Crippen LogP contribution in [-0.4, -0.2) is 13.7 Å². The number of hydrogen-bond acceptors (Lipinski definition) is 2. The fourth-order valence-electron chi connectivity index (χ4n) is 1.58. The molecule has 0 unspecified atom stereocenters. The average Bonchev–Trinajstić information content (AvgIpc) is 2.21. The fraction of sp³-hybridized carbons (Fsp3) is 0.333. The molecule has 0 fully saturated rings. The van der Waals surface area contributed by atoms with Gasteiger partial charge in [-0.25, -0.2) is 0 Å². The van der Waals surface area contributed by atoms with Crippen LogP contribution >= 0.6 is 11.6 Å². The molecule has 0 heterocycles. The maximum absolute atomic E-state index is 6.21. The molecular weight excluding hydrogens is 210 g/mol. The third kappa shape index (κ3) is 2.52. The lowest BCUT2D eigenvalue weighted by atomic mass is 10.0. The number of hydrogen-bond donors (Lipinski definition) is 1. The van der Waals surface area contributed by atoms with E-state index in [1.165, 1.54) is 0 Å². The summed E-state index contributed by atoms with van der Waals surface area (Å²) in [6.45, 7) is 4.48. The van der Waals surface area contributed by atoms with Crippen LogP contribution in [0, 0.1) is 13.8 Å². The molecule has 0 aliphatic rings. The highest BCUT2D eigenvalue weighted by atomic mass is 35.5. The Morgan fingerprint density at radius 1 is 1.40 bits per heavy atom. The minimum atomic E-state index is 0.493. The Balaban J connectivity index is 3.36. The standard InChI is InChI=1S/C12H16ClNO/c1-8-7-9(2)12(15-3)10(11(8)13)5-4-6-14/h4-5,7H,6,14H2,1-3H3/b5-4+. The van der Waals surface area contributed by atoms with Crippen molar-refractivity contribution in [1.29, 1.82) is 0 Å². The van der Waals surface area contributed by atoms with Crippen LogP contribution in [0.4, 0.5) is 0 Å². The number of aryl methyl sites for hydroxylation is 2. The average molecular weight is 226 g/mol. The largest absolute Gasteiger partial charge is 0.496 e. The Labute approximate surface area is 95.7 Å². The summed E-state index contributed by atoms with van der Waals surface area (Å²) in [5, 5.41) is 0.724. The van der Waals surface area contributed by atoms with E-state index in [0.717, 1.165) is 27.5 Å². The molecule has 0 spiro atoms. The van der Waals surface area contributed by atoms with Gasteiger partial charge in [0, 0.05) is 12.1 Å². The van der Waals surface area contributed by atoms with Crippen LogP contribution in [0.1, 0.15) is 16.7 Å². The number of halogens is 1. The maximum atomic E-state index is 6.21. The van der Waals surface area contributed by atoms with Crippen molar-refractivity contribution in [3.05, 3.63) is 33.9 Å². The van der Waals surface area contributed by atoms with Gasteiger partial charge >= 0.3 is 0 Å². The van der Waals surface area contributed by atoms with Crippen molar-refractivity contribution in [1.82, 2.24) is 0 Å². The highest BCUT2D eigenvalue weighted by Gasteiger charge is 2.10. The van der Waals surface area contributed by atoms with Crippen LogP contribution < -0.4 is 10.5 Å². The molecule has 0 amide bonds. The quantitative estimate of drug-likeness (QED) is 0.859. The maximum Gasteiger partial charge on any atom is 0.130 e. The summed E-state index contributed by atoms with van der Waals surface area (Å²) in [7, 11) is 1.65. The van der Waals surface area contributed by atoms with E-state index in [1.54, 1.807) is 7.11 Å². The van der Waals surface area contributed by atoms with Gasteiger partial charge in [-0.3, -0.25) is 0 Å². The second-order valence-electron chi connectivity index (χ2n) is 3.41. The predicted molar refractivity (Wildman–Crippen MR) is 65.6 cm³/mol. The fourth-order valence-corrected chi connectivity index (χ4v) is 1.79. The molecule has 0 saturated carbocycles. The summed E-state index contributed by atoms with van der Waals surface area (Å²) in [5.74, 6) is 0.815. The van der Waals surface area contributed by atoms with Crippen molar-refractivity contribution >= 4 is 17.7 Å². The van der Waals surface area contributed by atoms with Crippen LogP contribution in [0.25, 0.3) is 6.08 Å². The Kier molecular flexibility index (Phi) is 4.18. The zero-order valence-electron chi connectivity index (χ0n) is 9.30. The van der Waals surface area contributed by atoms with Gasteiger partial charge in [-0.2, -0.15) is 0 Å². The molecule has 1 rings (SSSR count). The van der Waals surface area contributed by atoms with Gasteiger partial charge in [0.05, 0.1) is 12.1 Å².